The van der Waals surface area contributed by atoms with Gasteiger partial charge in [0.15, 0.2) is 0 Å². The summed E-state index contributed by atoms with van der Waals surface area (Å²) in [5.74, 6) is 0.384. The summed E-state index contributed by atoms with van der Waals surface area (Å²) in [5, 5.41) is 0.565. The SMILES string of the molecule is CCOC(=O)CC=Cc1ccc(Cl)c(OC)c1. The predicted octanol–water partition coefficient (Wildman–Crippen LogP) is 3.32. The lowest BCUT2D eigenvalue weighted by atomic mass is 10.2. The van der Waals surface area contributed by atoms with Gasteiger partial charge >= 0.3 is 5.97 Å². The zero-order valence-electron chi connectivity index (χ0n) is 9.90. The number of hydrogen-bond donors (Lipinski definition) is 0. The summed E-state index contributed by atoms with van der Waals surface area (Å²) >= 11 is 5.90. The lowest BCUT2D eigenvalue weighted by Crippen LogP contribution is -2.01. The highest BCUT2D eigenvalue weighted by atomic mass is 35.5. The standard InChI is InChI=1S/C13H15ClO3/c1-3-17-13(15)6-4-5-10-7-8-11(14)12(9-10)16-2/h4-5,7-9H,3,6H2,1-2H3. The molecule has 1 aromatic rings. The fourth-order valence-electron chi connectivity index (χ4n) is 1.29. The van der Waals surface area contributed by atoms with Gasteiger partial charge in [0.1, 0.15) is 5.75 Å². The van der Waals surface area contributed by atoms with Crippen LogP contribution in [0.4, 0.5) is 0 Å². The van der Waals surface area contributed by atoms with E-state index in [4.69, 9.17) is 21.1 Å². The van der Waals surface area contributed by atoms with Crippen LogP contribution >= 0.6 is 11.6 Å². The van der Waals surface area contributed by atoms with E-state index in [-0.39, 0.29) is 12.4 Å². The predicted molar refractivity (Wildman–Crippen MR) is 68.3 cm³/mol. The topological polar surface area (TPSA) is 35.5 Å². The van der Waals surface area contributed by atoms with E-state index in [0.29, 0.717) is 17.4 Å². The van der Waals surface area contributed by atoms with Crippen LogP contribution in [0.3, 0.4) is 0 Å². The Kier molecular flexibility index (Phi) is 5.57. The van der Waals surface area contributed by atoms with Gasteiger partial charge in [-0.3, -0.25) is 4.79 Å². The first-order valence-electron chi connectivity index (χ1n) is 5.33. The second kappa shape index (κ2) is 6.97. The molecule has 0 aliphatic rings. The molecule has 0 fully saturated rings. The Balaban J connectivity index is 2.62. The van der Waals surface area contributed by atoms with Crippen LogP contribution in [-0.4, -0.2) is 19.7 Å². The van der Waals surface area contributed by atoms with E-state index in [1.165, 1.54) is 0 Å². The minimum Gasteiger partial charge on any atom is -0.495 e. The van der Waals surface area contributed by atoms with Crippen molar-refractivity contribution in [3.05, 3.63) is 34.9 Å². The monoisotopic (exact) mass is 254 g/mol. The molecule has 0 N–H and O–H groups in total. The first-order valence-corrected chi connectivity index (χ1v) is 5.71. The van der Waals surface area contributed by atoms with E-state index in [1.807, 2.05) is 18.2 Å². The van der Waals surface area contributed by atoms with E-state index >= 15 is 0 Å². The van der Waals surface area contributed by atoms with Crippen molar-refractivity contribution in [1.82, 2.24) is 0 Å². The van der Waals surface area contributed by atoms with Crippen LogP contribution < -0.4 is 4.74 Å². The molecule has 92 valence electrons. The van der Waals surface area contributed by atoms with Crippen molar-refractivity contribution < 1.29 is 14.3 Å². The molecule has 1 rings (SSSR count). The third-order valence-corrected chi connectivity index (χ3v) is 2.39. The normalized spacial score (nSPS) is 10.5. The van der Waals surface area contributed by atoms with Crippen molar-refractivity contribution >= 4 is 23.6 Å². The molecule has 0 unspecified atom stereocenters. The van der Waals surface area contributed by atoms with Crippen molar-refractivity contribution in [1.29, 1.82) is 0 Å². The van der Waals surface area contributed by atoms with Crippen molar-refractivity contribution in [3.8, 4) is 5.75 Å². The molecule has 4 heteroatoms. The van der Waals surface area contributed by atoms with Gasteiger partial charge in [-0.2, -0.15) is 0 Å². The molecule has 0 radical (unpaired) electrons. The van der Waals surface area contributed by atoms with Gasteiger partial charge in [0.05, 0.1) is 25.2 Å². The van der Waals surface area contributed by atoms with Gasteiger partial charge in [-0.1, -0.05) is 29.8 Å². The van der Waals surface area contributed by atoms with Crippen LogP contribution in [0.5, 0.6) is 5.75 Å². The highest BCUT2D eigenvalue weighted by Crippen LogP contribution is 2.25. The number of carbonyl (C=O) groups excluding carboxylic acids is 1. The Hall–Kier alpha value is -1.48. The molecule has 0 saturated heterocycles. The maximum atomic E-state index is 11.1. The first-order chi connectivity index (χ1) is 8.17. The van der Waals surface area contributed by atoms with E-state index in [9.17, 15) is 4.79 Å². The van der Waals surface area contributed by atoms with E-state index < -0.39 is 0 Å². The lowest BCUT2D eigenvalue weighted by Gasteiger charge is -2.03. The number of methoxy groups -OCH3 is 1. The van der Waals surface area contributed by atoms with E-state index in [0.717, 1.165) is 5.56 Å². The van der Waals surface area contributed by atoms with Gasteiger partial charge in [0.2, 0.25) is 0 Å². The minimum atomic E-state index is -0.232. The average Bonchev–Trinajstić information content (AvgIpc) is 2.31. The van der Waals surface area contributed by atoms with Gasteiger partial charge in [-0.25, -0.2) is 0 Å². The van der Waals surface area contributed by atoms with Gasteiger partial charge in [-0.15, -0.1) is 0 Å². The number of ether oxygens (including phenoxy) is 2. The van der Waals surface area contributed by atoms with Gasteiger partial charge in [-0.05, 0) is 24.6 Å². The van der Waals surface area contributed by atoms with Gasteiger partial charge in [0.25, 0.3) is 0 Å². The Bertz CT molecular complexity index is 413. The maximum Gasteiger partial charge on any atom is 0.309 e. The zero-order valence-corrected chi connectivity index (χ0v) is 10.7. The van der Waals surface area contributed by atoms with Crippen LogP contribution in [0.25, 0.3) is 6.08 Å². The molecular formula is C13H15ClO3. The summed E-state index contributed by atoms with van der Waals surface area (Å²) in [6, 6.07) is 5.42. The summed E-state index contributed by atoms with van der Waals surface area (Å²) in [7, 11) is 1.56. The quantitative estimate of drug-likeness (QED) is 0.757. The maximum absolute atomic E-state index is 11.1. The van der Waals surface area contributed by atoms with Crippen molar-refractivity contribution in [2.45, 2.75) is 13.3 Å². The molecule has 0 aromatic heterocycles. The van der Waals surface area contributed by atoms with Crippen molar-refractivity contribution in [3.63, 3.8) is 0 Å². The number of carbonyl (C=O) groups is 1. The number of halogens is 1. The third kappa shape index (κ3) is 4.49. The third-order valence-electron chi connectivity index (χ3n) is 2.08. The minimum absolute atomic E-state index is 0.232. The second-order valence-electron chi connectivity index (χ2n) is 3.31. The summed E-state index contributed by atoms with van der Waals surface area (Å²) in [6.45, 7) is 2.19. The number of rotatable bonds is 5. The van der Waals surface area contributed by atoms with Crippen LogP contribution in [0.15, 0.2) is 24.3 Å². The van der Waals surface area contributed by atoms with Crippen LogP contribution in [-0.2, 0) is 9.53 Å². The summed E-state index contributed by atoms with van der Waals surface area (Å²) in [5.41, 5.74) is 0.926. The highest BCUT2D eigenvalue weighted by Gasteiger charge is 2.00. The van der Waals surface area contributed by atoms with Gasteiger partial charge < -0.3 is 9.47 Å². The fourth-order valence-corrected chi connectivity index (χ4v) is 1.49. The van der Waals surface area contributed by atoms with Crippen LogP contribution in [0.2, 0.25) is 5.02 Å². The first kappa shape index (κ1) is 13.6. The van der Waals surface area contributed by atoms with Crippen molar-refractivity contribution in [2.24, 2.45) is 0 Å². The average molecular weight is 255 g/mol. The molecule has 0 amide bonds. The fraction of sp³-hybridized carbons (Fsp3) is 0.308. The number of benzene rings is 1. The molecule has 0 saturated carbocycles. The van der Waals surface area contributed by atoms with Gasteiger partial charge in [0, 0.05) is 0 Å². The molecule has 0 spiro atoms. The van der Waals surface area contributed by atoms with Crippen LogP contribution in [0, 0.1) is 0 Å². The van der Waals surface area contributed by atoms with E-state index in [1.54, 1.807) is 26.2 Å². The highest BCUT2D eigenvalue weighted by molar-refractivity contribution is 6.32. The Labute approximate surface area is 106 Å². The second-order valence-corrected chi connectivity index (χ2v) is 3.71. The molecule has 3 nitrogen and oxygen atoms in total. The molecule has 0 atom stereocenters. The molecule has 0 heterocycles. The number of esters is 1. The van der Waals surface area contributed by atoms with Crippen LogP contribution in [0.1, 0.15) is 18.9 Å². The van der Waals surface area contributed by atoms with Crippen molar-refractivity contribution in [2.75, 3.05) is 13.7 Å². The summed E-state index contributed by atoms with van der Waals surface area (Å²) in [4.78, 5) is 11.1. The smallest absolute Gasteiger partial charge is 0.309 e. The molecule has 1 aromatic carbocycles. The number of hydrogen-bond acceptors (Lipinski definition) is 3. The summed E-state index contributed by atoms with van der Waals surface area (Å²) < 4.78 is 9.90. The molecule has 0 bridgehead atoms. The lowest BCUT2D eigenvalue weighted by molar-refractivity contribution is -0.142. The Morgan fingerprint density at radius 1 is 1.47 bits per heavy atom. The Morgan fingerprint density at radius 2 is 2.24 bits per heavy atom. The zero-order chi connectivity index (χ0) is 12.7. The molecule has 0 aliphatic heterocycles. The molecular weight excluding hydrogens is 240 g/mol. The molecule has 0 aliphatic carbocycles. The Morgan fingerprint density at radius 3 is 2.88 bits per heavy atom. The summed E-state index contributed by atoms with van der Waals surface area (Å²) in [6.07, 6.45) is 3.84. The largest absolute Gasteiger partial charge is 0.495 e. The van der Waals surface area contributed by atoms with E-state index in [2.05, 4.69) is 0 Å². The molecule has 17 heavy (non-hydrogen) atoms.